The molecule has 0 aliphatic carbocycles. The van der Waals surface area contributed by atoms with Crippen LogP contribution in [0.3, 0.4) is 0 Å². The first kappa shape index (κ1) is 22.9. The maximum atomic E-state index is 13.0. The van der Waals surface area contributed by atoms with Crippen molar-refractivity contribution >= 4 is 28.9 Å². The number of benzene rings is 1. The molecule has 3 heterocycles. The Hall–Kier alpha value is -3.26. The Bertz CT molecular complexity index is 1160. The van der Waals surface area contributed by atoms with Crippen LogP contribution >= 0.6 is 11.3 Å². The molecule has 0 fully saturated rings. The molecule has 7 nitrogen and oxygen atoms in total. The van der Waals surface area contributed by atoms with Crippen molar-refractivity contribution in [3.05, 3.63) is 47.5 Å². The maximum absolute atomic E-state index is 13.0. The van der Waals surface area contributed by atoms with Crippen LogP contribution in [0.5, 0.6) is 5.75 Å². The molecule has 2 atom stereocenters. The summed E-state index contributed by atoms with van der Waals surface area (Å²) in [7, 11) is 0. The third kappa shape index (κ3) is 4.61. The van der Waals surface area contributed by atoms with E-state index < -0.39 is 18.1 Å². The van der Waals surface area contributed by atoms with E-state index in [1.165, 1.54) is 4.90 Å². The Morgan fingerprint density at radius 1 is 1.30 bits per heavy atom. The van der Waals surface area contributed by atoms with Gasteiger partial charge in [-0.3, -0.25) is 14.7 Å². The number of unbranched alkanes of at least 4 members (excludes halogenated alkanes) is 1. The SMILES string of the molecule is CCCCOC(=O)C(C)N1C(=O)C(C)Oc2ccc(-c3nc(-c4ccccn4)sc3C)cc21. The number of carbonyl (C=O) groups excluding carboxylic acids is 2. The fraction of sp³-hybridized carbons (Fsp3) is 0.360. The summed E-state index contributed by atoms with van der Waals surface area (Å²) < 4.78 is 11.2. The number of aromatic nitrogens is 2. The fourth-order valence-electron chi connectivity index (χ4n) is 3.71. The van der Waals surface area contributed by atoms with Crippen LogP contribution in [-0.4, -0.2) is 40.6 Å². The Kier molecular flexibility index (Phi) is 6.74. The minimum atomic E-state index is -0.768. The number of anilines is 1. The zero-order valence-corrected chi connectivity index (χ0v) is 20.0. The summed E-state index contributed by atoms with van der Waals surface area (Å²) in [4.78, 5) is 37.4. The lowest BCUT2D eigenvalue weighted by atomic mass is 10.1. The van der Waals surface area contributed by atoms with Gasteiger partial charge in [-0.2, -0.15) is 0 Å². The van der Waals surface area contributed by atoms with E-state index in [0.717, 1.165) is 39.7 Å². The van der Waals surface area contributed by atoms with Crippen molar-refractivity contribution in [3.8, 4) is 27.7 Å². The van der Waals surface area contributed by atoms with Crippen LogP contribution in [-0.2, 0) is 14.3 Å². The average molecular weight is 466 g/mol. The molecule has 1 amide bonds. The molecule has 1 aliphatic rings. The standard InChI is InChI=1S/C25H27N3O4S/c1-5-6-13-31-25(30)15(2)28-20-14-18(10-11-21(20)32-16(3)24(28)29)22-17(4)33-23(27-22)19-9-7-8-12-26-19/h7-12,14-16H,5-6,13H2,1-4H3. The summed E-state index contributed by atoms with van der Waals surface area (Å²) >= 11 is 1.56. The van der Waals surface area contributed by atoms with Gasteiger partial charge >= 0.3 is 5.97 Å². The number of aryl methyl sites for hydroxylation is 1. The monoisotopic (exact) mass is 465 g/mol. The van der Waals surface area contributed by atoms with Crippen LogP contribution in [0.25, 0.3) is 22.0 Å². The second-order valence-electron chi connectivity index (χ2n) is 7.99. The Labute approximate surface area is 197 Å². The van der Waals surface area contributed by atoms with Crippen molar-refractivity contribution < 1.29 is 19.1 Å². The fourth-order valence-corrected chi connectivity index (χ4v) is 4.63. The number of thiazole rings is 1. The third-order valence-electron chi connectivity index (χ3n) is 5.53. The lowest BCUT2D eigenvalue weighted by Crippen LogP contribution is -2.52. The van der Waals surface area contributed by atoms with Crippen molar-refractivity contribution in [2.45, 2.75) is 52.7 Å². The summed E-state index contributed by atoms with van der Waals surface area (Å²) in [5.41, 5.74) is 3.01. The predicted molar refractivity (Wildman–Crippen MR) is 128 cm³/mol. The first-order valence-electron chi connectivity index (χ1n) is 11.1. The second-order valence-corrected chi connectivity index (χ2v) is 9.19. The first-order chi connectivity index (χ1) is 15.9. The van der Waals surface area contributed by atoms with Crippen LogP contribution < -0.4 is 9.64 Å². The van der Waals surface area contributed by atoms with Crippen LogP contribution in [0.2, 0.25) is 0 Å². The number of nitrogens with zero attached hydrogens (tertiary/aromatic N) is 3. The highest BCUT2D eigenvalue weighted by Crippen LogP contribution is 2.40. The van der Waals surface area contributed by atoms with Gasteiger partial charge in [0, 0.05) is 16.6 Å². The van der Waals surface area contributed by atoms with E-state index in [1.54, 1.807) is 31.4 Å². The van der Waals surface area contributed by atoms with Crippen LogP contribution in [0.15, 0.2) is 42.6 Å². The van der Waals surface area contributed by atoms with Gasteiger partial charge in [0.2, 0.25) is 0 Å². The molecule has 0 radical (unpaired) electrons. The molecule has 0 saturated heterocycles. The Morgan fingerprint density at radius 3 is 2.85 bits per heavy atom. The molecule has 0 spiro atoms. The number of carbonyl (C=O) groups is 2. The highest BCUT2D eigenvalue weighted by molar-refractivity contribution is 7.15. The maximum Gasteiger partial charge on any atom is 0.328 e. The minimum Gasteiger partial charge on any atom is -0.479 e. The number of amides is 1. The smallest absolute Gasteiger partial charge is 0.328 e. The van der Waals surface area contributed by atoms with E-state index >= 15 is 0 Å². The van der Waals surface area contributed by atoms with Gasteiger partial charge in [-0.15, -0.1) is 11.3 Å². The van der Waals surface area contributed by atoms with Gasteiger partial charge in [-0.1, -0.05) is 19.4 Å². The van der Waals surface area contributed by atoms with Gasteiger partial charge in [0.05, 0.1) is 23.7 Å². The quantitative estimate of drug-likeness (QED) is 0.360. The molecule has 8 heteroatoms. The van der Waals surface area contributed by atoms with Crippen LogP contribution in [0.4, 0.5) is 5.69 Å². The average Bonchev–Trinajstić information content (AvgIpc) is 3.21. The molecule has 33 heavy (non-hydrogen) atoms. The second kappa shape index (κ2) is 9.70. The number of hydrogen-bond acceptors (Lipinski definition) is 7. The number of fused-ring (bicyclic) bond motifs is 1. The lowest BCUT2D eigenvalue weighted by molar-refractivity contribution is -0.146. The number of ether oxygens (including phenoxy) is 2. The zero-order chi connectivity index (χ0) is 23.5. The molecule has 2 unspecified atom stereocenters. The van der Waals surface area contributed by atoms with Crippen LogP contribution in [0, 0.1) is 6.92 Å². The van der Waals surface area contributed by atoms with Crippen molar-refractivity contribution in [1.29, 1.82) is 0 Å². The molecule has 2 aromatic heterocycles. The van der Waals surface area contributed by atoms with E-state index in [1.807, 2.05) is 50.2 Å². The number of hydrogen-bond donors (Lipinski definition) is 0. The molecule has 3 aromatic rings. The summed E-state index contributed by atoms with van der Waals surface area (Å²) in [5.74, 6) is -0.148. The summed E-state index contributed by atoms with van der Waals surface area (Å²) in [6.07, 6.45) is 2.77. The van der Waals surface area contributed by atoms with Gasteiger partial charge in [0.25, 0.3) is 5.91 Å². The zero-order valence-electron chi connectivity index (χ0n) is 19.2. The van der Waals surface area contributed by atoms with Crippen molar-refractivity contribution in [2.75, 3.05) is 11.5 Å². The summed E-state index contributed by atoms with van der Waals surface area (Å²) in [5, 5.41) is 0.825. The highest BCUT2D eigenvalue weighted by atomic mass is 32.1. The van der Waals surface area contributed by atoms with E-state index in [-0.39, 0.29) is 5.91 Å². The van der Waals surface area contributed by atoms with E-state index in [2.05, 4.69) is 4.98 Å². The predicted octanol–water partition coefficient (Wildman–Crippen LogP) is 5.03. The van der Waals surface area contributed by atoms with Gasteiger partial charge in [-0.25, -0.2) is 9.78 Å². The molecular weight excluding hydrogens is 438 g/mol. The molecule has 172 valence electrons. The van der Waals surface area contributed by atoms with Crippen LogP contribution in [0.1, 0.15) is 38.5 Å². The van der Waals surface area contributed by atoms with Gasteiger partial charge in [0.1, 0.15) is 16.8 Å². The molecule has 0 bridgehead atoms. The van der Waals surface area contributed by atoms with Crippen molar-refractivity contribution in [3.63, 3.8) is 0 Å². The minimum absolute atomic E-state index is 0.274. The first-order valence-corrected chi connectivity index (χ1v) is 11.9. The number of pyridine rings is 1. The molecule has 0 saturated carbocycles. The van der Waals surface area contributed by atoms with Crippen molar-refractivity contribution in [1.82, 2.24) is 9.97 Å². The molecular formula is C25H27N3O4S. The highest BCUT2D eigenvalue weighted by Gasteiger charge is 2.38. The van der Waals surface area contributed by atoms with E-state index in [0.29, 0.717) is 18.0 Å². The molecule has 0 N–H and O–H groups in total. The Morgan fingerprint density at radius 2 is 2.12 bits per heavy atom. The molecule has 1 aliphatic heterocycles. The normalized spacial score (nSPS) is 16.2. The third-order valence-corrected chi connectivity index (χ3v) is 6.53. The summed E-state index contributed by atoms with van der Waals surface area (Å²) in [6.45, 7) is 7.75. The largest absolute Gasteiger partial charge is 0.479 e. The summed E-state index contributed by atoms with van der Waals surface area (Å²) in [6, 6.07) is 10.6. The molecule has 1 aromatic carbocycles. The van der Waals surface area contributed by atoms with Gasteiger partial charge in [0.15, 0.2) is 6.10 Å². The van der Waals surface area contributed by atoms with Crippen molar-refractivity contribution in [2.24, 2.45) is 0 Å². The number of esters is 1. The van der Waals surface area contributed by atoms with Gasteiger partial charge < -0.3 is 9.47 Å². The van der Waals surface area contributed by atoms with E-state index in [9.17, 15) is 9.59 Å². The van der Waals surface area contributed by atoms with E-state index in [4.69, 9.17) is 14.5 Å². The van der Waals surface area contributed by atoms with Gasteiger partial charge in [-0.05, 0) is 57.5 Å². The molecule has 4 rings (SSSR count). The topological polar surface area (TPSA) is 81.6 Å². The Balaban J connectivity index is 1.70. The number of rotatable bonds is 7. The lowest BCUT2D eigenvalue weighted by Gasteiger charge is -2.36.